The van der Waals surface area contributed by atoms with Gasteiger partial charge in [0.1, 0.15) is 12.2 Å². The number of hydrogen-bond acceptors (Lipinski definition) is 8. The summed E-state index contributed by atoms with van der Waals surface area (Å²) >= 11 is 0. The maximum absolute atomic E-state index is 12.4. The number of rotatable bonds is 13. The topological polar surface area (TPSA) is 104 Å². The van der Waals surface area contributed by atoms with Gasteiger partial charge in [-0.15, -0.1) is 0 Å². The highest BCUT2D eigenvalue weighted by atomic mass is 16.6. The molecule has 0 aromatic heterocycles. The van der Waals surface area contributed by atoms with Crippen LogP contribution in [0, 0.1) is 0 Å². The van der Waals surface area contributed by atoms with Gasteiger partial charge in [-0.3, -0.25) is 0 Å². The molecular weight excluding hydrogens is 394 g/mol. The molecule has 0 bridgehead atoms. The zero-order valence-electron chi connectivity index (χ0n) is 18.0. The number of imide groups is 1. The van der Waals surface area contributed by atoms with Crippen LogP contribution in [-0.2, 0) is 30.3 Å². The Morgan fingerprint density at radius 1 is 0.867 bits per heavy atom. The quantitative estimate of drug-likeness (QED) is 0.479. The van der Waals surface area contributed by atoms with Gasteiger partial charge in [0.25, 0.3) is 0 Å². The van der Waals surface area contributed by atoms with Gasteiger partial charge < -0.3 is 28.8 Å². The summed E-state index contributed by atoms with van der Waals surface area (Å²) in [7, 11) is 0. The largest absolute Gasteiger partial charge is 0.444 e. The Bertz CT molecular complexity index is 603. The van der Waals surface area contributed by atoms with Crippen LogP contribution in [0.25, 0.3) is 0 Å². The molecule has 2 amide bonds. The lowest BCUT2D eigenvalue weighted by molar-refractivity contribution is -0.00231. The van der Waals surface area contributed by atoms with E-state index in [1.165, 1.54) is 0 Å². The molecule has 1 N–H and O–H groups in total. The average Bonchev–Trinajstić information content (AvgIpc) is 2.69. The lowest BCUT2D eigenvalue weighted by Gasteiger charge is -2.25. The lowest BCUT2D eigenvalue weighted by Crippen LogP contribution is -2.43. The summed E-state index contributed by atoms with van der Waals surface area (Å²) in [6, 6.07) is 9.18. The van der Waals surface area contributed by atoms with Crippen LogP contribution >= 0.6 is 0 Å². The maximum Gasteiger partial charge on any atom is 0.419 e. The summed E-state index contributed by atoms with van der Waals surface area (Å²) in [4.78, 5) is 25.7. The maximum atomic E-state index is 12.4. The number of ether oxygens (including phenoxy) is 5. The van der Waals surface area contributed by atoms with Gasteiger partial charge in [-0.25, -0.2) is 14.5 Å². The van der Waals surface area contributed by atoms with E-state index in [2.05, 4.69) is 0 Å². The van der Waals surface area contributed by atoms with E-state index in [-0.39, 0.29) is 33.0 Å². The standard InChI is InChI=1S/C21H33NO8/c1-21(2,3)30-20(25)22(19(24)29-17-18-7-5-4-6-8-18)9-11-26-13-15-28-16-14-27-12-10-23/h4-8,23H,9-17H2,1-3H3. The first-order valence-electron chi connectivity index (χ1n) is 9.89. The number of amides is 2. The van der Waals surface area contributed by atoms with Crippen LogP contribution in [0.4, 0.5) is 9.59 Å². The SMILES string of the molecule is CC(C)(C)OC(=O)N(CCOCCOCCOCCO)C(=O)OCc1ccccc1. The van der Waals surface area contributed by atoms with Gasteiger partial charge >= 0.3 is 12.2 Å². The number of aliphatic hydroxyl groups is 1. The van der Waals surface area contributed by atoms with Gasteiger partial charge in [0.2, 0.25) is 0 Å². The van der Waals surface area contributed by atoms with Gasteiger partial charge in [0.05, 0.1) is 52.8 Å². The van der Waals surface area contributed by atoms with E-state index in [9.17, 15) is 9.59 Å². The van der Waals surface area contributed by atoms with Crippen LogP contribution in [0.2, 0.25) is 0 Å². The summed E-state index contributed by atoms with van der Waals surface area (Å²) < 4.78 is 26.3. The Balaban J connectivity index is 2.40. The second-order valence-corrected chi connectivity index (χ2v) is 7.23. The van der Waals surface area contributed by atoms with Crippen LogP contribution < -0.4 is 0 Å². The lowest BCUT2D eigenvalue weighted by atomic mass is 10.2. The number of carbonyl (C=O) groups excluding carboxylic acids is 2. The summed E-state index contributed by atoms with van der Waals surface area (Å²) in [5.74, 6) is 0. The van der Waals surface area contributed by atoms with Crippen molar-refractivity contribution in [3.8, 4) is 0 Å². The molecule has 1 aromatic carbocycles. The van der Waals surface area contributed by atoms with Crippen LogP contribution in [0.3, 0.4) is 0 Å². The molecule has 30 heavy (non-hydrogen) atoms. The zero-order chi connectivity index (χ0) is 22.2. The predicted molar refractivity (Wildman–Crippen MR) is 109 cm³/mol. The van der Waals surface area contributed by atoms with Crippen molar-refractivity contribution in [1.29, 1.82) is 0 Å². The van der Waals surface area contributed by atoms with Crippen molar-refractivity contribution in [3.63, 3.8) is 0 Å². The Kier molecular flexibility index (Phi) is 12.7. The fourth-order valence-electron chi connectivity index (χ4n) is 2.13. The molecule has 0 fully saturated rings. The van der Waals surface area contributed by atoms with E-state index >= 15 is 0 Å². The zero-order valence-corrected chi connectivity index (χ0v) is 18.0. The van der Waals surface area contributed by atoms with Gasteiger partial charge in [-0.2, -0.15) is 0 Å². The fourth-order valence-corrected chi connectivity index (χ4v) is 2.13. The van der Waals surface area contributed by atoms with Gasteiger partial charge in [-0.1, -0.05) is 30.3 Å². The predicted octanol–water partition coefficient (Wildman–Crippen LogP) is 2.60. The molecule has 0 radical (unpaired) electrons. The monoisotopic (exact) mass is 427 g/mol. The van der Waals surface area contributed by atoms with Crippen molar-refractivity contribution in [2.45, 2.75) is 33.0 Å². The molecule has 9 heteroatoms. The molecule has 1 rings (SSSR count). The Morgan fingerprint density at radius 2 is 1.43 bits per heavy atom. The molecule has 0 spiro atoms. The van der Waals surface area contributed by atoms with Crippen molar-refractivity contribution in [3.05, 3.63) is 35.9 Å². The van der Waals surface area contributed by atoms with Crippen LogP contribution in [0.1, 0.15) is 26.3 Å². The highest BCUT2D eigenvalue weighted by molar-refractivity contribution is 5.87. The smallest absolute Gasteiger partial charge is 0.419 e. The van der Waals surface area contributed by atoms with Gasteiger partial charge in [0, 0.05) is 0 Å². The highest BCUT2D eigenvalue weighted by Crippen LogP contribution is 2.12. The molecule has 0 aliphatic rings. The minimum Gasteiger partial charge on any atom is -0.444 e. The normalized spacial score (nSPS) is 11.2. The summed E-state index contributed by atoms with van der Waals surface area (Å²) in [6.45, 7) is 6.97. The number of nitrogens with zero attached hydrogens (tertiary/aromatic N) is 1. The molecule has 170 valence electrons. The molecule has 9 nitrogen and oxygen atoms in total. The molecule has 0 saturated carbocycles. The van der Waals surface area contributed by atoms with E-state index in [4.69, 9.17) is 28.8 Å². The highest BCUT2D eigenvalue weighted by Gasteiger charge is 2.28. The van der Waals surface area contributed by atoms with E-state index in [1.54, 1.807) is 20.8 Å². The van der Waals surface area contributed by atoms with Crippen molar-refractivity contribution < 1.29 is 38.4 Å². The number of aliphatic hydroxyl groups excluding tert-OH is 1. The molecule has 0 saturated heterocycles. The average molecular weight is 427 g/mol. The summed E-state index contributed by atoms with van der Waals surface area (Å²) in [5, 5.41) is 8.59. The van der Waals surface area contributed by atoms with E-state index in [0.717, 1.165) is 10.5 Å². The third kappa shape index (κ3) is 12.4. The van der Waals surface area contributed by atoms with Crippen molar-refractivity contribution in [1.82, 2.24) is 4.90 Å². The third-order valence-corrected chi connectivity index (χ3v) is 3.48. The third-order valence-electron chi connectivity index (χ3n) is 3.48. The molecule has 0 heterocycles. The van der Waals surface area contributed by atoms with Crippen LogP contribution in [0.15, 0.2) is 30.3 Å². The fraction of sp³-hybridized carbons (Fsp3) is 0.619. The second-order valence-electron chi connectivity index (χ2n) is 7.23. The van der Waals surface area contributed by atoms with Crippen molar-refractivity contribution in [2.24, 2.45) is 0 Å². The summed E-state index contributed by atoms with van der Waals surface area (Å²) in [6.07, 6.45) is -1.59. The molecular formula is C21H33NO8. The van der Waals surface area contributed by atoms with Crippen LogP contribution in [-0.4, -0.2) is 80.6 Å². The van der Waals surface area contributed by atoms with Gasteiger partial charge in [0.15, 0.2) is 0 Å². The van der Waals surface area contributed by atoms with E-state index in [1.807, 2.05) is 30.3 Å². The number of benzene rings is 1. The first kappa shape index (κ1) is 25.8. The molecule has 0 unspecified atom stereocenters. The van der Waals surface area contributed by atoms with E-state index in [0.29, 0.717) is 26.4 Å². The number of carbonyl (C=O) groups is 2. The Labute approximate surface area is 177 Å². The van der Waals surface area contributed by atoms with Gasteiger partial charge in [-0.05, 0) is 26.3 Å². The minimum absolute atomic E-state index is 0.0118. The Morgan fingerprint density at radius 3 is 2.00 bits per heavy atom. The summed E-state index contributed by atoms with van der Waals surface area (Å²) in [5.41, 5.74) is 0.0633. The van der Waals surface area contributed by atoms with Crippen LogP contribution in [0.5, 0.6) is 0 Å². The second kappa shape index (κ2) is 14.7. The molecule has 0 aliphatic heterocycles. The molecule has 0 aliphatic carbocycles. The first-order valence-corrected chi connectivity index (χ1v) is 9.89. The minimum atomic E-state index is -0.797. The van der Waals surface area contributed by atoms with Crippen molar-refractivity contribution >= 4 is 12.2 Å². The molecule has 0 atom stereocenters. The number of hydrogen-bond donors (Lipinski definition) is 1. The van der Waals surface area contributed by atoms with E-state index < -0.39 is 17.8 Å². The van der Waals surface area contributed by atoms with Crippen molar-refractivity contribution in [2.75, 3.05) is 52.8 Å². The first-order chi connectivity index (χ1) is 14.3. The molecule has 1 aromatic rings. The Hall–Kier alpha value is -2.20.